The van der Waals surface area contributed by atoms with Gasteiger partial charge in [-0.15, -0.1) is 11.3 Å². The van der Waals surface area contributed by atoms with Gasteiger partial charge in [-0.3, -0.25) is 4.79 Å². The highest BCUT2D eigenvalue weighted by molar-refractivity contribution is 7.18. The summed E-state index contributed by atoms with van der Waals surface area (Å²) >= 11 is 1.76. The molecule has 0 radical (unpaired) electrons. The molecule has 0 aromatic carbocycles. The van der Waals surface area contributed by atoms with Crippen LogP contribution in [0.2, 0.25) is 0 Å². The molecule has 1 fully saturated rings. The quantitative estimate of drug-likeness (QED) is 0.730. The molecule has 2 aliphatic rings. The van der Waals surface area contributed by atoms with Crippen LogP contribution in [-0.4, -0.2) is 16.0 Å². The van der Waals surface area contributed by atoms with Crippen LogP contribution in [-0.2, 0) is 19.4 Å². The third-order valence-corrected chi connectivity index (χ3v) is 8.00. The molecular weight excluding hydrogens is 366 g/mol. The van der Waals surface area contributed by atoms with Gasteiger partial charge >= 0.3 is 0 Å². The van der Waals surface area contributed by atoms with Gasteiger partial charge < -0.3 is 10.3 Å². The lowest BCUT2D eigenvalue weighted by Crippen LogP contribution is -2.30. The summed E-state index contributed by atoms with van der Waals surface area (Å²) in [6.45, 7) is 7.67. The van der Waals surface area contributed by atoms with E-state index in [1.807, 2.05) is 0 Å². The summed E-state index contributed by atoms with van der Waals surface area (Å²) in [5.41, 5.74) is 1.65. The smallest absolute Gasteiger partial charge is 0.259 e. The minimum absolute atomic E-state index is 0.0613. The van der Waals surface area contributed by atoms with Crippen LogP contribution in [0.4, 0.5) is 0 Å². The van der Waals surface area contributed by atoms with Gasteiger partial charge in [-0.2, -0.15) is 0 Å². The lowest BCUT2D eigenvalue weighted by molar-refractivity contribution is 0.218. The van der Waals surface area contributed by atoms with Crippen LogP contribution in [0.1, 0.15) is 88.4 Å². The van der Waals surface area contributed by atoms with E-state index < -0.39 is 0 Å². The Balaban J connectivity index is 1.52. The lowest BCUT2D eigenvalue weighted by atomic mass is 9.72. The molecule has 28 heavy (non-hydrogen) atoms. The Kier molecular flexibility index (Phi) is 5.93. The second kappa shape index (κ2) is 8.27. The molecule has 1 saturated carbocycles. The van der Waals surface area contributed by atoms with E-state index in [-0.39, 0.29) is 5.56 Å². The van der Waals surface area contributed by atoms with E-state index in [2.05, 4.69) is 31.1 Å². The van der Waals surface area contributed by atoms with Gasteiger partial charge in [0.1, 0.15) is 10.7 Å². The zero-order valence-electron chi connectivity index (χ0n) is 17.7. The highest BCUT2D eigenvalue weighted by Crippen LogP contribution is 2.41. The SMILES string of the molecule is CC(C)(C)C1CCc2c(sc3nc(CNC4CCCCCCC4)[nH]c(=O)c23)C1. The number of hydrogen-bond donors (Lipinski definition) is 2. The predicted molar refractivity (Wildman–Crippen MR) is 118 cm³/mol. The maximum atomic E-state index is 12.8. The van der Waals surface area contributed by atoms with Gasteiger partial charge in [-0.25, -0.2) is 4.98 Å². The molecule has 0 bridgehead atoms. The van der Waals surface area contributed by atoms with Gasteiger partial charge in [0.2, 0.25) is 0 Å². The van der Waals surface area contributed by atoms with Crippen molar-refractivity contribution in [1.82, 2.24) is 15.3 Å². The number of H-pyrrole nitrogens is 1. The molecule has 5 heteroatoms. The fraction of sp³-hybridized carbons (Fsp3) is 0.739. The van der Waals surface area contributed by atoms with Crippen LogP contribution in [0.5, 0.6) is 0 Å². The van der Waals surface area contributed by atoms with Crippen LogP contribution in [0.25, 0.3) is 10.2 Å². The molecule has 2 aromatic rings. The van der Waals surface area contributed by atoms with E-state index in [9.17, 15) is 4.79 Å². The summed E-state index contributed by atoms with van der Waals surface area (Å²) in [7, 11) is 0. The third-order valence-electron chi connectivity index (χ3n) is 6.86. The van der Waals surface area contributed by atoms with Gasteiger partial charge in [-0.05, 0) is 49.0 Å². The Morgan fingerprint density at radius 2 is 1.82 bits per heavy atom. The largest absolute Gasteiger partial charge is 0.309 e. The molecule has 2 heterocycles. The minimum Gasteiger partial charge on any atom is -0.309 e. The average Bonchev–Trinajstić information content (AvgIpc) is 2.98. The maximum Gasteiger partial charge on any atom is 0.259 e. The van der Waals surface area contributed by atoms with E-state index in [0.717, 1.165) is 28.9 Å². The molecule has 4 nitrogen and oxygen atoms in total. The number of nitrogens with zero attached hydrogens (tertiary/aromatic N) is 1. The van der Waals surface area contributed by atoms with Crippen molar-refractivity contribution in [3.63, 3.8) is 0 Å². The zero-order chi connectivity index (χ0) is 19.7. The van der Waals surface area contributed by atoms with Crippen LogP contribution < -0.4 is 10.9 Å². The van der Waals surface area contributed by atoms with Crippen molar-refractivity contribution in [2.24, 2.45) is 11.3 Å². The van der Waals surface area contributed by atoms with Crippen LogP contribution in [0.15, 0.2) is 4.79 Å². The second-order valence-electron chi connectivity index (χ2n) is 9.93. The molecule has 0 spiro atoms. The molecule has 0 aliphatic heterocycles. The fourth-order valence-electron chi connectivity index (χ4n) is 4.95. The summed E-state index contributed by atoms with van der Waals surface area (Å²) in [5.74, 6) is 1.48. The Morgan fingerprint density at radius 3 is 2.54 bits per heavy atom. The summed E-state index contributed by atoms with van der Waals surface area (Å²) in [5, 5.41) is 4.52. The first-order chi connectivity index (χ1) is 13.4. The standard InChI is InChI=1S/C23H35N3OS/c1-23(2,3)15-11-12-17-18(13-15)28-22-20(17)21(27)25-19(26-22)14-24-16-9-7-5-4-6-8-10-16/h15-16,24H,4-14H2,1-3H3,(H,25,26,27). The van der Waals surface area contributed by atoms with E-state index in [1.165, 1.54) is 61.8 Å². The van der Waals surface area contributed by atoms with Gasteiger partial charge in [0.15, 0.2) is 0 Å². The summed E-state index contributed by atoms with van der Waals surface area (Å²) in [6, 6.07) is 0.561. The van der Waals surface area contributed by atoms with E-state index in [1.54, 1.807) is 11.3 Å². The number of aromatic amines is 1. The zero-order valence-corrected chi connectivity index (χ0v) is 18.5. The Morgan fingerprint density at radius 1 is 1.11 bits per heavy atom. The van der Waals surface area contributed by atoms with Gasteiger partial charge in [0.05, 0.1) is 11.9 Å². The molecule has 2 aliphatic carbocycles. The van der Waals surface area contributed by atoms with Gasteiger partial charge in [0, 0.05) is 10.9 Å². The van der Waals surface area contributed by atoms with Crippen molar-refractivity contribution in [2.75, 3.05) is 0 Å². The van der Waals surface area contributed by atoms with Crippen molar-refractivity contribution in [2.45, 2.75) is 97.6 Å². The van der Waals surface area contributed by atoms with Crippen LogP contribution in [0.3, 0.4) is 0 Å². The molecule has 1 atom stereocenters. The highest BCUT2D eigenvalue weighted by atomic mass is 32.1. The monoisotopic (exact) mass is 401 g/mol. The van der Waals surface area contributed by atoms with Crippen molar-refractivity contribution in [3.8, 4) is 0 Å². The van der Waals surface area contributed by atoms with Gasteiger partial charge in [-0.1, -0.05) is 52.9 Å². The molecule has 2 N–H and O–H groups in total. The van der Waals surface area contributed by atoms with Crippen molar-refractivity contribution in [1.29, 1.82) is 0 Å². The molecule has 0 amide bonds. The molecule has 154 valence electrons. The Hall–Kier alpha value is -1.20. The van der Waals surface area contributed by atoms with Crippen molar-refractivity contribution in [3.05, 3.63) is 26.6 Å². The molecule has 2 aromatic heterocycles. The molecule has 1 unspecified atom stereocenters. The molecule has 4 rings (SSSR count). The number of hydrogen-bond acceptors (Lipinski definition) is 4. The van der Waals surface area contributed by atoms with Crippen molar-refractivity contribution < 1.29 is 0 Å². The lowest BCUT2D eigenvalue weighted by Gasteiger charge is -2.33. The third kappa shape index (κ3) is 4.35. The number of nitrogens with one attached hydrogen (secondary N) is 2. The first kappa shape index (κ1) is 20.1. The second-order valence-corrected chi connectivity index (χ2v) is 11.0. The number of fused-ring (bicyclic) bond motifs is 3. The summed E-state index contributed by atoms with van der Waals surface area (Å²) < 4.78 is 0. The first-order valence-corrected chi connectivity index (χ1v) is 12.0. The first-order valence-electron chi connectivity index (χ1n) is 11.2. The average molecular weight is 402 g/mol. The number of aromatic nitrogens is 2. The summed E-state index contributed by atoms with van der Waals surface area (Å²) in [4.78, 5) is 23.1. The fourth-order valence-corrected chi connectivity index (χ4v) is 6.27. The minimum atomic E-state index is 0.0613. The van der Waals surface area contributed by atoms with E-state index >= 15 is 0 Å². The number of aryl methyl sites for hydroxylation is 1. The molecular formula is C23H35N3OS. The predicted octanol–water partition coefficient (Wildman–Crippen LogP) is 5.34. The Bertz CT molecular complexity index is 868. The number of thiophene rings is 1. The summed E-state index contributed by atoms with van der Waals surface area (Å²) in [6.07, 6.45) is 12.5. The molecule has 0 saturated heterocycles. The van der Waals surface area contributed by atoms with Crippen LogP contribution in [0, 0.1) is 11.3 Å². The maximum absolute atomic E-state index is 12.8. The topological polar surface area (TPSA) is 57.8 Å². The Labute approximate surface area is 172 Å². The van der Waals surface area contributed by atoms with Gasteiger partial charge in [0.25, 0.3) is 5.56 Å². The normalized spacial score (nSPS) is 22.0. The highest BCUT2D eigenvalue weighted by Gasteiger charge is 2.31. The van der Waals surface area contributed by atoms with Crippen molar-refractivity contribution >= 4 is 21.6 Å². The number of rotatable bonds is 3. The van der Waals surface area contributed by atoms with E-state index in [0.29, 0.717) is 23.9 Å². The van der Waals surface area contributed by atoms with E-state index in [4.69, 9.17) is 4.98 Å². The van der Waals surface area contributed by atoms with Crippen LogP contribution >= 0.6 is 11.3 Å².